The van der Waals surface area contributed by atoms with Crippen LogP contribution in [0.3, 0.4) is 0 Å². The lowest BCUT2D eigenvalue weighted by Crippen LogP contribution is -2.22. The number of benzene rings is 1. The average Bonchev–Trinajstić information content (AvgIpc) is 2.75. The second-order valence-corrected chi connectivity index (χ2v) is 4.45. The molecular weight excluding hydrogens is 240 g/mol. The first-order valence-corrected chi connectivity index (χ1v) is 5.62. The Morgan fingerprint density at radius 2 is 2.22 bits per heavy atom. The van der Waals surface area contributed by atoms with Gasteiger partial charge < -0.3 is 4.74 Å². The van der Waals surface area contributed by atoms with Crippen molar-refractivity contribution in [2.24, 2.45) is 0 Å². The molecule has 4 nitrogen and oxygen atoms in total. The monoisotopic (exact) mass is 252 g/mol. The first-order valence-electron chi connectivity index (χ1n) is 5.62. The van der Waals surface area contributed by atoms with Crippen LogP contribution in [-0.4, -0.2) is 25.6 Å². The minimum Gasteiger partial charge on any atom is -0.410 e. The van der Waals surface area contributed by atoms with Crippen molar-refractivity contribution in [2.45, 2.75) is 25.2 Å². The van der Waals surface area contributed by atoms with Crippen molar-refractivity contribution in [3.8, 4) is 0 Å². The number of aromatic nitrogens is 3. The predicted molar refractivity (Wildman–Crippen MR) is 59.7 cm³/mol. The Morgan fingerprint density at radius 1 is 1.44 bits per heavy atom. The zero-order valence-electron chi connectivity index (χ0n) is 9.72. The van der Waals surface area contributed by atoms with Crippen LogP contribution in [0.4, 0.5) is 8.78 Å². The molecule has 0 spiro atoms. The normalized spacial score (nSPS) is 26.3. The zero-order chi connectivity index (χ0) is 12.8. The number of hydrogen-bond acceptors (Lipinski definition) is 2. The predicted octanol–water partition coefficient (Wildman–Crippen LogP) is 1.38. The minimum atomic E-state index is -0.647. The molecule has 6 heteroatoms. The summed E-state index contributed by atoms with van der Waals surface area (Å²) in [5, 5.41) is 4.00. The summed E-state index contributed by atoms with van der Waals surface area (Å²) < 4.78 is 32.8. The molecule has 1 saturated heterocycles. The summed E-state index contributed by atoms with van der Waals surface area (Å²) in [5.74, 6) is -1.15. The maximum atomic E-state index is 13.8. The number of hydrogen-bond donors (Lipinski definition) is 0. The van der Waals surface area contributed by atoms with Crippen LogP contribution < -0.4 is 0 Å². The Labute approximate surface area is 102 Å². The van der Waals surface area contributed by atoms with Crippen molar-refractivity contribution in [1.82, 2.24) is 14.8 Å². The first kappa shape index (κ1) is 11.3. The summed E-state index contributed by atoms with van der Waals surface area (Å²) in [6.07, 6.45) is 2.97. The van der Waals surface area contributed by atoms with Gasteiger partial charge >= 0.3 is 0 Å². The number of ether oxygens (including phenoxy) is 1. The molecule has 1 aromatic heterocycles. The molecule has 1 unspecified atom stereocenters. The van der Waals surface area contributed by atoms with Crippen LogP contribution in [0.15, 0.2) is 30.9 Å². The second-order valence-electron chi connectivity index (χ2n) is 4.45. The zero-order valence-corrected chi connectivity index (χ0v) is 9.72. The van der Waals surface area contributed by atoms with Gasteiger partial charge in [0.05, 0.1) is 5.56 Å². The van der Waals surface area contributed by atoms with Crippen molar-refractivity contribution in [3.05, 3.63) is 48.1 Å². The molecule has 3 rings (SSSR count). The molecule has 2 aromatic rings. The molecule has 1 fully saturated rings. The molecule has 0 saturated carbocycles. The fourth-order valence-electron chi connectivity index (χ4n) is 2.26. The van der Waals surface area contributed by atoms with Crippen LogP contribution in [0.25, 0.3) is 0 Å². The summed E-state index contributed by atoms with van der Waals surface area (Å²) >= 11 is 0. The summed E-state index contributed by atoms with van der Waals surface area (Å²) in [6.45, 7) is 2.32. The Morgan fingerprint density at radius 3 is 2.78 bits per heavy atom. The van der Waals surface area contributed by atoms with Gasteiger partial charge in [0.25, 0.3) is 5.60 Å². The van der Waals surface area contributed by atoms with Gasteiger partial charge in [0.1, 0.15) is 30.8 Å². The fraction of sp³-hybridized carbons (Fsp3) is 0.333. The molecule has 0 bridgehead atoms. The van der Waals surface area contributed by atoms with E-state index >= 15 is 0 Å². The van der Waals surface area contributed by atoms with E-state index in [9.17, 15) is 8.78 Å². The van der Waals surface area contributed by atoms with Crippen LogP contribution in [0.1, 0.15) is 12.5 Å². The third-order valence-corrected chi connectivity index (χ3v) is 3.31. The molecule has 94 valence electrons. The number of halogens is 2. The van der Waals surface area contributed by atoms with E-state index in [2.05, 4.69) is 14.8 Å². The van der Waals surface area contributed by atoms with Gasteiger partial charge in [-0.05, 0) is 12.1 Å². The lowest BCUT2D eigenvalue weighted by atomic mass is 9.95. The first-order chi connectivity index (χ1) is 8.62. The van der Waals surface area contributed by atoms with Gasteiger partial charge in [-0.3, -0.25) is 0 Å². The molecule has 0 radical (unpaired) electrons. The van der Waals surface area contributed by atoms with Crippen molar-refractivity contribution in [2.75, 3.05) is 0 Å². The van der Waals surface area contributed by atoms with Gasteiger partial charge in [-0.2, -0.15) is 5.10 Å². The van der Waals surface area contributed by atoms with E-state index in [0.29, 0.717) is 12.1 Å². The number of rotatable bonds is 3. The number of aliphatic hydroxyl groups is 2. The van der Waals surface area contributed by atoms with Gasteiger partial charge in [-0.15, -0.1) is 0 Å². The van der Waals surface area contributed by atoms with E-state index in [4.69, 9.17) is 0 Å². The maximum absolute atomic E-state index is 13.8. The molecule has 1 aromatic carbocycles. The van der Waals surface area contributed by atoms with Gasteiger partial charge in [-0.25, -0.2) is 18.4 Å². The smallest absolute Gasteiger partial charge is 0.285 e. The number of nitrogens with zero attached hydrogens (tertiary/aromatic N) is 3. The largest absolute Gasteiger partial charge is 0.410 e. The van der Waals surface area contributed by atoms with Crippen LogP contribution in [0, 0.1) is 11.6 Å². The standard InChI is InChI=1S/C12H11F2N3O/c1-8-12(18-8,5-17-7-15-6-16-17)10-3-2-9(13)4-11(10)14/h2-4,6-8H,5H2,1H3/p+1/t8?,12-/m1/s1. The van der Waals surface area contributed by atoms with E-state index in [1.807, 2.05) is 6.92 Å². The molecule has 18 heavy (non-hydrogen) atoms. The fourth-order valence-corrected chi connectivity index (χ4v) is 2.26. The topological polar surface area (TPSA) is 43.5 Å². The maximum Gasteiger partial charge on any atom is 0.285 e. The summed E-state index contributed by atoms with van der Waals surface area (Å²) in [6, 6.07) is 3.59. The molecule has 0 aliphatic carbocycles. The second kappa shape index (κ2) is 3.84. The Kier molecular flexibility index (Phi) is 2.41. The van der Waals surface area contributed by atoms with Crippen molar-refractivity contribution < 1.29 is 13.5 Å². The SMILES string of the molecule is CC1[OH+][C@@]1(Cn1cncn1)c1ccc(F)cc1F. The van der Waals surface area contributed by atoms with E-state index in [-0.39, 0.29) is 6.10 Å². The Hall–Kier alpha value is -1.82. The van der Waals surface area contributed by atoms with Gasteiger partial charge in [0.2, 0.25) is 6.10 Å². The van der Waals surface area contributed by atoms with E-state index < -0.39 is 17.2 Å². The highest BCUT2D eigenvalue weighted by Crippen LogP contribution is 2.45. The van der Waals surface area contributed by atoms with Crippen molar-refractivity contribution in [3.63, 3.8) is 0 Å². The molecule has 1 aliphatic rings. The van der Waals surface area contributed by atoms with E-state index in [1.165, 1.54) is 18.5 Å². The molecule has 0 amide bonds. The highest BCUT2D eigenvalue weighted by Gasteiger charge is 2.65. The van der Waals surface area contributed by atoms with Gasteiger partial charge in [0, 0.05) is 13.0 Å². The highest BCUT2D eigenvalue weighted by atomic mass is 19.1. The average molecular weight is 252 g/mol. The summed E-state index contributed by atoms with van der Waals surface area (Å²) in [4.78, 5) is 3.85. The lowest BCUT2D eigenvalue weighted by molar-refractivity contribution is 0.0993. The Balaban J connectivity index is 1.97. The molecule has 2 atom stereocenters. The van der Waals surface area contributed by atoms with E-state index in [0.717, 1.165) is 6.07 Å². The van der Waals surface area contributed by atoms with Crippen LogP contribution in [0.5, 0.6) is 0 Å². The quantitative estimate of drug-likeness (QED) is 0.612. The van der Waals surface area contributed by atoms with Gasteiger partial charge in [-0.1, -0.05) is 0 Å². The molecule has 1 N–H and O–H groups in total. The van der Waals surface area contributed by atoms with Crippen molar-refractivity contribution in [1.29, 1.82) is 0 Å². The van der Waals surface area contributed by atoms with Gasteiger partial charge in [0.15, 0.2) is 0 Å². The molecule has 1 aliphatic heterocycles. The van der Waals surface area contributed by atoms with E-state index in [1.54, 1.807) is 11.0 Å². The van der Waals surface area contributed by atoms with Crippen LogP contribution >= 0.6 is 0 Å². The summed E-state index contributed by atoms with van der Waals surface area (Å²) in [7, 11) is 0. The lowest BCUT2D eigenvalue weighted by Gasteiger charge is -2.08. The van der Waals surface area contributed by atoms with Crippen LogP contribution in [-0.2, 0) is 12.1 Å². The third kappa shape index (κ3) is 1.69. The van der Waals surface area contributed by atoms with Crippen LogP contribution in [0.2, 0.25) is 0 Å². The minimum absolute atomic E-state index is 0.0124. The van der Waals surface area contributed by atoms with Crippen molar-refractivity contribution >= 4 is 0 Å². The highest BCUT2D eigenvalue weighted by molar-refractivity contribution is 5.30. The molecule has 2 heterocycles. The number of epoxide rings is 1. The third-order valence-electron chi connectivity index (χ3n) is 3.31. The summed E-state index contributed by atoms with van der Waals surface area (Å²) in [5.41, 5.74) is -0.238. The molecular formula is C12H12F2N3O+. The Bertz CT molecular complexity index is 573.